The van der Waals surface area contributed by atoms with E-state index >= 15 is 0 Å². The van der Waals surface area contributed by atoms with E-state index in [2.05, 4.69) is 14.9 Å². The van der Waals surface area contributed by atoms with E-state index in [-0.39, 0.29) is 0 Å². The smallest absolute Gasteiger partial charge is 0.160 e. The van der Waals surface area contributed by atoms with Crippen molar-refractivity contribution in [3.05, 3.63) is 89.2 Å². The average Bonchev–Trinajstić information content (AvgIpc) is 3.22. The van der Waals surface area contributed by atoms with Gasteiger partial charge < -0.3 is 4.42 Å². The number of aromatic nitrogens is 3. The molecule has 0 spiro atoms. The number of hydrogen-bond donors (Lipinski definition) is 0. The van der Waals surface area contributed by atoms with Gasteiger partial charge in [-0.05, 0) is 36.4 Å². The maximum Gasteiger partial charge on any atom is 0.160 e. The summed E-state index contributed by atoms with van der Waals surface area (Å²) in [6, 6.07) is 15.6. The molecule has 0 atom stereocenters. The van der Waals surface area contributed by atoms with Crippen LogP contribution in [0.15, 0.2) is 71.5 Å². The van der Waals surface area contributed by atoms with Gasteiger partial charge in [-0.15, -0.1) is 0 Å². The zero-order valence-electron chi connectivity index (χ0n) is 15.8. The van der Waals surface area contributed by atoms with Crippen molar-refractivity contribution in [3.8, 4) is 22.7 Å². The molecule has 1 aliphatic rings. The van der Waals surface area contributed by atoms with Crippen molar-refractivity contribution in [2.24, 2.45) is 0 Å². The van der Waals surface area contributed by atoms with E-state index < -0.39 is 0 Å². The number of hydrogen-bond acceptors (Lipinski definition) is 5. The number of fused-ring (bicyclic) bond motifs is 1. The molecular formula is C23H19ClN4O. The fourth-order valence-corrected chi connectivity index (χ4v) is 3.81. The van der Waals surface area contributed by atoms with Crippen molar-refractivity contribution in [2.45, 2.75) is 19.5 Å². The van der Waals surface area contributed by atoms with Crippen LogP contribution < -0.4 is 0 Å². The molecule has 1 aliphatic heterocycles. The molecular weight excluding hydrogens is 384 g/mol. The molecule has 0 amide bonds. The minimum atomic E-state index is 0.707. The molecule has 0 radical (unpaired) electrons. The van der Waals surface area contributed by atoms with Gasteiger partial charge in [-0.1, -0.05) is 23.7 Å². The molecule has 5 rings (SSSR count). The van der Waals surface area contributed by atoms with E-state index in [0.717, 1.165) is 60.2 Å². The van der Waals surface area contributed by atoms with Crippen LogP contribution in [0.2, 0.25) is 5.02 Å². The summed E-state index contributed by atoms with van der Waals surface area (Å²) in [5.41, 5.74) is 4.23. The second-order valence-electron chi connectivity index (χ2n) is 7.14. The van der Waals surface area contributed by atoms with Gasteiger partial charge in [-0.2, -0.15) is 0 Å². The highest BCUT2D eigenvalue weighted by Gasteiger charge is 2.20. The Morgan fingerprint density at radius 1 is 1.03 bits per heavy atom. The van der Waals surface area contributed by atoms with E-state index in [1.54, 1.807) is 12.4 Å². The number of halogens is 1. The first-order chi connectivity index (χ1) is 14.2. The Kier molecular flexibility index (Phi) is 4.84. The standard InChI is InChI=1S/C23H19ClN4O/c24-19-5-1-3-16(11-19)22-7-6-20(29-22)15-28-10-8-21-18(14-28)13-26-23(27-21)17-4-2-9-25-12-17/h1-7,9,11-13H,8,10,14-15H2. The minimum absolute atomic E-state index is 0.707. The lowest BCUT2D eigenvalue weighted by Crippen LogP contribution is -2.30. The Balaban J connectivity index is 1.29. The van der Waals surface area contributed by atoms with Crippen LogP contribution >= 0.6 is 11.6 Å². The van der Waals surface area contributed by atoms with Crippen molar-refractivity contribution in [3.63, 3.8) is 0 Å². The first-order valence-electron chi connectivity index (χ1n) is 9.57. The van der Waals surface area contributed by atoms with Crippen LogP contribution in [0.1, 0.15) is 17.0 Å². The normalized spacial score (nSPS) is 14.0. The summed E-state index contributed by atoms with van der Waals surface area (Å²) in [5.74, 6) is 2.52. The molecule has 29 heavy (non-hydrogen) atoms. The van der Waals surface area contributed by atoms with Crippen molar-refractivity contribution in [1.82, 2.24) is 19.9 Å². The second-order valence-corrected chi connectivity index (χ2v) is 7.58. The number of rotatable bonds is 4. The third-order valence-corrected chi connectivity index (χ3v) is 5.32. The molecule has 4 heterocycles. The van der Waals surface area contributed by atoms with E-state index in [1.165, 1.54) is 5.56 Å². The lowest BCUT2D eigenvalue weighted by molar-refractivity contribution is 0.224. The summed E-state index contributed by atoms with van der Waals surface area (Å²) in [6.07, 6.45) is 6.39. The molecule has 6 heteroatoms. The van der Waals surface area contributed by atoms with E-state index in [1.807, 2.05) is 54.7 Å². The van der Waals surface area contributed by atoms with Crippen molar-refractivity contribution in [2.75, 3.05) is 6.54 Å². The van der Waals surface area contributed by atoms with Gasteiger partial charge >= 0.3 is 0 Å². The van der Waals surface area contributed by atoms with Gasteiger partial charge in [0.15, 0.2) is 5.82 Å². The van der Waals surface area contributed by atoms with Crippen LogP contribution in [0.4, 0.5) is 0 Å². The summed E-state index contributed by atoms with van der Waals surface area (Å²) in [7, 11) is 0. The fraction of sp³-hybridized carbons (Fsp3) is 0.174. The number of pyridine rings is 1. The SMILES string of the molecule is Clc1cccc(-c2ccc(CN3CCc4nc(-c5cccnc5)ncc4C3)o2)c1. The molecule has 0 bridgehead atoms. The Bertz CT molecular complexity index is 1140. The third-order valence-electron chi connectivity index (χ3n) is 5.08. The maximum atomic E-state index is 6.09. The molecule has 3 aromatic heterocycles. The molecule has 0 aliphatic carbocycles. The minimum Gasteiger partial charge on any atom is -0.460 e. The van der Waals surface area contributed by atoms with Crippen LogP contribution in [0.25, 0.3) is 22.7 Å². The topological polar surface area (TPSA) is 55.1 Å². The largest absolute Gasteiger partial charge is 0.460 e. The molecule has 0 fully saturated rings. The molecule has 0 saturated heterocycles. The monoisotopic (exact) mass is 402 g/mol. The van der Waals surface area contributed by atoms with E-state index in [0.29, 0.717) is 5.02 Å². The molecule has 0 saturated carbocycles. The lowest BCUT2D eigenvalue weighted by Gasteiger charge is -2.27. The third kappa shape index (κ3) is 3.92. The summed E-state index contributed by atoms with van der Waals surface area (Å²) in [5, 5.41) is 0.707. The molecule has 0 unspecified atom stereocenters. The highest BCUT2D eigenvalue weighted by atomic mass is 35.5. The van der Waals surface area contributed by atoms with Crippen LogP contribution in [-0.2, 0) is 19.5 Å². The molecule has 0 N–H and O–H groups in total. The maximum absolute atomic E-state index is 6.09. The first kappa shape index (κ1) is 18.0. The molecule has 5 nitrogen and oxygen atoms in total. The molecule has 1 aromatic carbocycles. The second kappa shape index (κ2) is 7.78. The van der Waals surface area contributed by atoms with Crippen LogP contribution in [0.3, 0.4) is 0 Å². The predicted octanol–water partition coefficient (Wildman–Crippen LogP) is 5.01. The predicted molar refractivity (Wildman–Crippen MR) is 112 cm³/mol. The summed E-state index contributed by atoms with van der Waals surface area (Å²) >= 11 is 6.09. The molecule has 4 aromatic rings. The van der Waals surface area contributed by atoms with Crippen LogP contribution in [0.5, 0.6) is 0 Å². The Morgan fingerprint density at radius 3 is 2.83 bits per heavy atom. The zero-order valence-corrected chi connectivity index (χ0v) is 16.5. The van der Waals surface area contributed by atoms with Crippen molar-refractivity contribution < 1.29 is 4.42 Å². The van der Waals surface area contributed by atoms with Gasteiger partial charge in [0.2, 0.25) is 0 Å². The van der Waals surface area contributed by atoms with Gasteiger partial charge in [0.05, 0.1) is 12.2 Å². The van der Waals surface area contributed by atoms with Crippen LogP contribution in [-0.4, -0.2) is 26.4 Å². The van der Waals surface area contributed by atoms with Gasteiger partial charge in [-0.3, -0.25) is 9.88 Å². The number of nitrogens with zero attached hydrogens (tertiary/aromatic N) is 4. The average molecular weight is 403 g/mol. The van der Waals surface area contributed by atoms with Gasteiger partial charge in [0.25, 0.3) is 0 Å². The first-order valence-corrected chi connectivity index (χ1v) is 9.94. The van der Waals surface area contributed by atoms with Gasteiger partial charge in [-0.25, -0.2) is 9.97 Å². The number of benzene rings is 1. The highest BCUT2D eigenvalue weighted by molar-refractivity contribution is 6.30. The summed E-state index contributed by atoms with van der Waals surface area (Å²) in [4.78, 5) is 15.8. The number of furan rings is 1. The lowest BCUT2D eigenvalue weighted by atomic mass is 10.1. The van der Waals surface area contributed by atoms with Gasteiger partial charge in [0, 0.05) is 59.8 Å². The van der Waals surface area contributed by atoms with E-state index in [4.69, 9.17) is 21.0 Å². The fourth-order valence-electron chi connectivity index (χ4n) is 3.62. The van der Waals surface area contributed by atoms with Crippen molar-refractivity contribution in [1.29, 1.82) is 0 Å². The Hall–Kier alpha value is -3.02. The zero-order chi connectivity index (χ0) is 19.6. The van der Waals surface area contributed by atoms with E-state index in [9.17, 15) is 0 Å². The van der Waals surface area contributed by atoms with Gasteiger partial charge in [0.1, 0.15) is 11.5 Å². The summed E-state index contributed by atoms with van der Waals surface area (Å²) < 4.78 is 6.05. The quantitative estimate of drug-likeness (QED) is 0.480. The van der Waals surface area contributed by atoms with Crippen molar-refractivity contribution >= 4 is 11.6 Å². The Labute approximate surface area is 174 Å². The highest BCUT2D eigenvalue weighted by Crippen LogP contribution is 2.27. The molecule has 144 valence electrons. The Morgan fingerprint density at radius 2 is 1.97 bits per heavy atom. The van der Waals surface area contributed by atoms with Crippen LogP contribution in [0, 0.1) is 0 Å². The summed E-state index contributed by atoms with van der Waals surface area (Å²) in [6.45, 7) is 2.50.